The Labute approximate surface area is 239 Å². The molecule has 3 heterocycles. The average Bonchev–Trinajstić information content (AvgIpc) is 3.50. The molecule has 0 aliphatic carbocycles. The van der Waals surface area contributed by atoms with Crippen LogP contribution in [0.25, 0.3) is 22.4 Å². The second-order valence-electron chi connectivity index (χ2n) is 10.5. The Morgan fingerprint density at radius 2 is 1.59 bits per heavy atom. The lowest BCUT2D eigenvalue weighted by molar-refractivity contribution is 0.0745. The van der Waals surface area contributed by atoms with Crippen molar-refractivity contribution in [3.05, 3.63) is 95.9 Å². The van der Waals surface area contributed by atoms with E-state index in [1.54, 1.807) is 0 Å². The summed E-state index contributed by atoms with van der Waals surface area (Å²) in [4.78, 5) is 22.9. The number of morpholine rings is 1. The lowest BCUT2D eigenvalue weighted by atomic mass is 10.0. The highest BCUT2D eigenvalue weighted by atomic mass is 32.2. The number of carbonyl (C=O) groups excluding carboxylic acids is 1. The largest absolute Gasteiger partial charge is 0.378 e. The van der Waals surface area contributed by atoms with Crippen LogP contribution >= 0.6 is 0 Å². The molecule has 41 heavy (non-hydrogen) atoms. The van der Waals surface area contributed by atoms with E-state index in [-0.39, 0.29) is 23.5 Å². The second kappa shape index (κ2) is 12.0. The minimum absolute atomic E-state index is 0.0845. The van der Waals surface area contributed by atoms with Gasteiger partial charge in [-0.1, -0.05) is 48.5 Å². The first-order chi connectivity index (χ1) is 19.9. The zero-order valence-electron chi connectivity index (χ0n) is 22.7. The third kappa shape index (κ3) is 6.74. The summed E-state index contributed by atoms with van der Waals surface area (Å²) >= 11 is 0. The molecule has 1 aromatic heterocycles. The summed E-state index contributed by atoms with van der Waals surface area (Å²) < 4.78 is 28.8. The van der Waals surface area contributed by atoms with Crippen LogP contribution in [0.5, 0.6) is 0 Å². The summed E-state index contributed by atoms with van der Waals surface area (Å²) in [5, 5.41) is 6.37. The Morgan fingerprint density at radius 1 is 0.927 bits per heavy atom. The number of H-pyrrole nitrogens is 1. The number of imidazole rings is 1. The fourth-order valence-electron chi connectivity index (χ4n) is 5.12. The Hall–Kier alpha value is -3.83. The van der Waals surface area contributed by atoms with Crippen LogP contribution in [-0.2, 0) is 21.1 Å². The SMILES string of the molecule is O=C(Nc1ccc(CN2CCS(=O)(=O)CC2)cc1)c1ccc(-c2ccc(-c3cnc(C4COCCN4)[nH]3)cc2)cc1. The Balaban J connectivity index is 1.04. The second-order valence-corrected chi connectivity index (χ2v) is 12.8. The van der Waals surface area contributed by atoms with Crippen molar-refractivity contribution in [2.45, 2.75) is 12.6 Å². The fourth-order valence-corrected chi connectivity index (χ4v) is 6.40. The van der Waals surface area contributed by atoms with E-state index in [0.29, 0.717) is 37.5 Å². The van der Waals surface area contributed by atoms with Crippen molar-refractivity contribution in [2.75, 3.05) is 49.7 Å². The number of hydrogen-bond acceptors (Lipinski definition) is 7. The zero-order chi connectivity index (χ0) is 28.2. The maximum atomic E-state index is 12.8. The highest BCUT2D eigenvalue weighted by Crippen LogP contribution is 2.26. The molecular weight excluding hydrogens is 538 g/mol. The minimum atomic E-state index is -2.89. The molecule has 9 nitrogen and oxygen atoms in total. The van der Waals surface area contributed by atoms with E-state index in [4.69, 9.17) is 4.74 Å². The smallest absolute Gasteiger partial charge is 0.255 e. The number of rotatable bonds is 7. The molecule has 0 saturated carbocycles. The summed E-state index contributed by atoms with van der Waals surface area (Å²) in [6.07, 6.45) is 1.85. The molecule has 212 valence electrons. The van der Waals surface area contributed by atoms with Crippen LogP contribution in [0.3, 0.4) is 0 Å². The average molecular weight is 572 g/mol. The molecule has 6 rings (SSSR count). The number of aromatic nitrogens is 2. The molecule has 2 fully saturated rings. The van der Waals surface area contributed by atoms with Crippen LogP contribution in [0.4, 0.5) is 5.69 Å². The zero-order valence-corrected chi connectivity index (χ0v) is 23.5. The van der Waals surface area contributed by atoms with E-state index < -0.39 is 9.84 Å². The highest BCUT2D eigenvalue weighted by molar-refractivity contribution is 7.91. The highest BCUT2D eigenvalue weighted by Gasteiger charge is 2.21. The number of nitrogens with one attached hydrogen (secondary N) is 3. The molecule has 0 radical (unpaired) electrons. The maximum Gasteiger partial charge on any atom is 0.255 e. The first-order valence-corrected chi connectivity index (χ1v) is 15.6. The van der Waals surface area contributed by atoms with Gasteiger partial charge >= 0.3 is 0 Å². The first-order valence-electron chi connectivity index (χ1n) is 13.8. The number of amides is 1. The summed E-state index contributed by atoms with van der Waals surface area (Å²) in [6.45, 7) is 3.97. The predicted molar refractivity (Wildman–Crippen MR) is 159 cm³/mol. The van der Waals surface area contributed by atoms with Crippen LogP contribution in [-0.4, -0.2) is 73.5 Å². The molecule has 2 aliphatic rings. The minimum Gasteiger partial charge on any atom is -0.378 e. The van der Waals surface area contributed by atoms with Gasteiger partial charge in [-0.3, -0.25) is 9.69 Å². The Morgan fingerprint density at radius 3 is 2.24 bits per heavy atom. The van der Waals surface area contributed by atoms with E-state index >= 15 is 0 Å². The van der Waals surface area contributed by atoms with Gasteiger partial charge in [-0.15, -0.1) is 0 Å². The summed E-state index contributed by atoms with van der Waals surface area (Å²) in [7, 11) is -2.89. The van der Waals surface area contributed by atoms with E-state index in [1.807, 2.05) is 54.7 Å². The van der Waals surface area contributed by atoms with Gasteiger partial charge < -0.3 is 20.4 Å². The van der Waals surface area contributed by atoms with Crippen molar-refractivity contribution in [3.63, 3.8) is 0 Å². The van der Waals surface area contributed by atoms with Crippen LogP contribution in [0.2, 0.25) is 0 Å². The van der Waals surface area contributed by atoms with Gasteiger partial charge in [0.15, 0.2) is 9.84 Å². The van der Waals surface area contributed by atoms with Crippen molar-refractivity contribution in [1.29, 1.82) is 0 Å². The van der Waals surface area contributed by atoms with E-state index in [1.165, 1.54) is 0 Å². The third-order valence-electron chi connectivity index (χ3n) is 7.58. The fraction of sp³-hybridized carbons (Fsp3) is 0.290. The number of ether oxygens (including phenoxy) is 1. The summed E-state index contributed by atoms with van der Waals surface area (Å²) in [5.74, 6) is 1.14. The van der Waals surface area contributed by atoms with Gasteiger partial charge in [0.1, 0.15) is 5.82 Å². The molecule has 1 atom stereocenters. The number of nitrogens with zero attached hydrogens (tertiary/aromatic N) is 2. The van der Waals surface area contributed by atoms with Crippen molar-refractivity contribution in [2.24, 2.45) is 0 Å². The normalized spacial score (nSPS) is 19.1. The van der Waals surface area contributed by atoms with Gasteiger partial charge in [-0.2, -0.15) is 0 Å². The number of carbonyl (C=O) groups is 1. The van der Waals surface area contributed by atoms with Crippen molar-refractivity contribution in [1.82, 2.24) is 20.2 Å². The predicted octanol–water partition coefficient (Wildman–Crippen LogP) is 3.89. The molecule has 2 saturated heterocycles. The number of benzene rings is 3. The molecule has 1 unspecified atom stereocenters. The van der Waals surface area contributed by atoms with Gasteiger partial charge in [0, 0.05) is 37.4 Å². The maximum absolute atomic E-state index is 12.8. The molecule has 4 aromatic rings. The Bertz CT molecular complexity index is 1580. The van der Waals surface area contributed by atoms with Crippen LogP contribution < -0.4 is 10.6 Å². The molecule has 0 spiro atoms. The Kier molecular flexibility index (Phi) is 7.97. The number of anilines is 1. The standard InChI is InChI=1S/C31H33N5O4S/c37-31(34-27-11-1-22(2-12-27)20-36-14-17-41(38,39)18-15-36)26-9-5-24(6-10-26)23-3-7-25(8-4-23)28-19-33-30(35-28)29-21-40-16-13-32-29/h1-12,19,29,32H,13-18,20-21H2,(H,33,35)(H,34,37). The monoisotopic (exact) mass is 571 g/mol. The van der Waals surface area contributed by atoms with Crippen LogP contribution in [0.15, 0.2) is 79.0 Å². The van der Waals surface area contributed by atoms with Gasteiger partial charge in [0.2, 0.25) is 0 Å². The lowest BCUT2D eigenvalue weighted by Gasteiger charge is -2.26. The topological polar surface area (TPSA) is 116 Å². The molecular formula is C31H33N5O4S. The van der Waals surface area contributed by atoms with Gasteiger partial charge in [0.05, 0.1) is 42.7 Å². The van der Waals surface area contributed by atoms with Gasteiger partial charge in [-0.05, 0) is 46.5 Å². The quantitative estimate of drug-likeness (QED) is 0.308. The molecule has 0 bridgehead atoms. The van der Waals surface area contributed by atoms with Crippen molar-refractivity contribution in [3.8, 4) is 22.4 Å². The van der Waals surface area contributed by atoms with Gasteiger partial charge in [0.25, 0.3) is 5.91 Å². The number of sulfone groups is 1. The third-order valence-corrected chi connectivity index (χ3v) is 9.19. The van der Waals surface area contributed by atoms with Gasteiger partial charge in [-0.25, -0.2) is 13.4 Å². The molecule has 3 N–H and O–H groups in total. The molecule has 1 amide bonds. The summed E-state index contributed by atoms with van der Waals surface area (Å²) in [5.41, 5.74) is 6.47. The van der Waals surface area contributed by atoms with Crippen molar-refractivity contribution >= 4 is 21.4 Å². The van der Waals surface area contributed by atoms with Crippen LogP contribution in [0, 0.1) is 0 Å². The molecule has 10 heteroatoms. The van der Waals surface area contributed by atoms with Crippen molar-refractivity contribution < 1.29 is 17.9 Å². The molecule has 2 aliphatic heterocycles. The number of aromatic amines is 1. The van der Waals surface area contributed by atoms with E-state index in [0.717, 1.165) is 46.9 Å². The molecule has 3 aromatic carbocycles. The number of hydrogen-bond donors (Lipinski definition) is 3. The van der Waals surface area contributed by atoms with E-state index in [9.17, 15) is 13.2 Å². The van der Waals surface area contributed by atoms with Crippen LogP contribution in [0.1, 0.15) is 27.8 Å². The first kappa shape index (κ1) is 27.3. The van der Waals surface area contributed by atoms with E-state index in [2.05, 4.69) is 49.8 Å². The summed E-state index contributed by atoms with van der Waals surface area (Å²) in [6, 6.07) is 23.6. The lowest BCUT2D eigenvalue weighted by Crippen LogP contribution is -2.39.